The zero-order chi connectivity index (χ0) is 20.9. The lowest BCUT2D eigenvalue weighted by Gasteiger charge is -2.28. The molecule has 3 aromatic rings. The zero-order valence-electron chi connectivity index (χ0n) is 17.1. The van der Waals surface area contributed by atoms with Gasteiger partial charge < -0.3 is 10.6 Å². The van der Waals surface area contributed by atoms with Gasteiger partial charge in [0.25, 0.3) is 0 Å². The van der Waals surface area contributed by atoms with E-state index in [0.29, 0.717) is 19.5 Å². The predicted molar refractivity (Wildman–Crippen MR) is 118 cm³/mol. The Balaban J connectivity index is 1.76. The van der Waals surface area contributed by atoms with E-state index in [2.05, 4.69) is 10.6 Å². The monoisotopic (exact) mass is 409 g/mol. The van der Waals surface area contributed by atoms with Gasteiger partial charge in [0, 0.05) is 25.4 Å². The lowest BCUT2D eigenvalue weighted by Crippen LogP contribution is -2.46. The Kier molecular flexibility index (Phi) is 6.64. The number of hydrogen-bond acceptors (Lipinski definition) is 4. The van der Waals surface area contributed by atoms with E-state index in [1.165, 1.54) is 0 Å². The van der Waals surface area contributed by atoms with Crippen molar-refractivity contribution in [3.63, 3.8) is 0 Å². The van der Waals surface area contributed by atoms with Crippen molar-refractivity contribution >= 4 is 33.4 Å². The minimum atomic E-state index is -0.753. The quantitative estimate of drug-likeness (QED) is 0.558. The number of thiazole rings is 1. The molecular weight excluding hydrogens is 382 g/mol. The van der Waals surface area contributed by atoms with Crippen molar-refractivity contribution in [1.82, 2.24) is 15.6 Å². The van der Waals surface area contributed by atoms with Crippen molar-refractivity contribution in [3.8, 4) is 0 Å². The molecule has 0 fully saturated rings. The first kappa shape index (κ1) is 21.0. The van der Waals surface area contributed by atoms with Crippen LogP contribution in [-0.4, -0.2) is 29.9 Å². The molecule has 0 aliphatic rings. The van der Waals surface area contributed by atoms with Gasteiger partial charge in [-0.25, -0.2) is 4.98 Å². The van der Waals surface area contributed by atoms with Crippen molar-refractivity contribution < 1.29 is 9.59 Å². The van der Waals surface area contributed by atoms with Gasteiger partial charge in [0.2, 0.25) is 11.8 Å². The first-order chi connectivity index (χ1) is 13.9. The Morgan fingerprint density at radius 1 is 1.00 bits per heavy atom. The van der Waals surface area contributed by atoms with Crippen molar-refractivity contribution in [2.45, 2.75) is 32.6 Å². The van der Waals surface area contributed by atoms with Gasteiger partial charge in [0.15, 0.2) is 0 Å². The molecule has 152 valence electrons. The molecule has 0 spiro atoms. The van der Waals surface area contributed by atoms with Crippen LogP contribution in [0.3, 0.4) is 0 Å². The number of benzene rings is 2. The number of carbonyl (C=O) groups excluding carboxylic acids is 2. The minimum Gasteiger partial charge on any atom is -0.354 e. The van der Waals surface area contributed by atoms with E-state index in [1.807, 2.05) is 75.4 Å². The predicted octanol–water partition coefficient (Wildman–Crippen LogP) is 3.69. The summed E-state index contributed by atoms with van der Waals surface area (Å²) in [6.45, 7) is 6.45. The summed E-state index contributed by atoms with van der Waals surface area (Å²) in [5.74, 6) is -0.152. The van der Waals surface area contributed by atoms with E-state index < -0.39 is 5.41 Å². The summed E-state index contributed by atoms with van der Waals surface area (Å²) in [7, 11) is 0. The molecule has 2 N–H and O–H groups in total. The number of nitrogens with one attached hydrogen (secondary N) is 2. The third-order valence-corrected chi connectivity index (χ3v) is 6.03. The number of para-hydroxylation sites is 1. The lowest BCUT2D eigenvalue weighted by molar-refractivity contribution is -0.127. The Labute approximate surface area is 175 Å². The Morgan fingerprint density at radius 2 is 1.66 bits per heavy atom. The fourth-order valence-electron chi connectivity index (χ4n) is 3.18. The standard InChI is InChI=1S/C23H27N3O2S/c1-16(2)21(27)24-13-14-25-22(28)23(3,17-9-5-4-6-10-17)15-20-26-18-11-7-8-12-19(18)29-20/h4-12,16H,13-15H2,1-3H3,(H,24,27)(H,25,28). The van der Waals surface area contributed by atoms with Crippen LogP contribution in [0.25, 0.3) is 10.2 Å². The van der Waals surface area contributed by atoms with Gasteiger partial charge in [-0.3, -0.25) is 9.59 Å². The summed E-state index contributed by atoms with van der Waals surface area (Å²) in [6, 6.07) is 17.8. The molecule has 0 saturated heterocycles. The molecule has 3 rings (SSSR count). The Bertz CT molecular complexity index is 951. The number of nitrogens with zero attached hydrogens (tertiary/aromatic N) is 1. The summed E-state index contributed by atoms with van der Waals surface area (Å²) < 4.78 is 1.12. The minimum absolute atomic E-state index is 0.0143. The molecule has 2 amide bonds. The lowest BCUT2D eigenvalue weighted by atomic mass is 9.78. The molecule has 0 radical (unpaired) electrons. The molecule has 1 unspecified atom stereocenters. The summed E-state index contributed by atoms with van der Waals surface area (Å²) in [5, 5.41) is 6.76. The maximum Gasteiger partial charge on any atom is 0.230 e. The number of carbonyl (C=O) groups is 2. The Morgan fingerprint density at radius 3 is 2.34 bits per heavy atom. The maximum absolute atomic E-state index is 13.2. The van der Waals surface area contributed by atoms with E-state index in [9.17, 15) is 9.59 Å². The smallest absolute Gasteiger partial charge is 0.230 e. The number of fused-ring (bicyclic) bond motifs is 1. The molecule has 0 saturated carbocycles. The molecule has 2 aromatic carbocycles. The zero-order valence-corrected chi connectivity index (χ0v) is 17.9. The number of aromatic nitrogens is 1. The maximum atomic E-state index is 13.2. The fourth-order valence-corrected chi connectivity index (χ4v) is 4.30. The van der Waals surface area contributed by atoms with Crippen LogP contribution in [0.4, 0.5) is 0 Å². The molecule has 0 bridgehead atoms. The second-order valence-electron chi connectivity index (χ2n) is 7.65. The van der Waals surface area contributed by atoms with Gasteiger partial charge in [0.05, 0.1) is 20.6 Å². The largest absolute Gasteiger partial charge is 0.354 e. The van der Waals surface area contributed by atoms with Gasteiger partial charge in [0.1, 0.15) is 0 Å². The van der Waals surface area contributed by atoms with Crippen LogP contribution in [0.2, 0.25) is 0 Å². The molecule has 6 heteroatoms. The van der Waals surface area contributed by atoms with Gasteiger partial charge in [-0.1, -0.05) is 56.3 Å². The van der Waals surface area contributed by atoms with E-state index in [0.717, 1.165) is 20.8 Å². The van der Waals surface area contributed by atoms with Crippen LogP contribution in [-0.2, 0) is 21.4 Å². The number of hydrogen-bond donors (Lipinski definition) is 2. The topological polar surface area (TPSA) is 71.1 Å². The van der Waals surface area contributed by atoms with Crippen LogP contribution in [0, 0.1) is 5.92 Å². The van der Waals surface area contributed by atoms with Crippen LogP contribution < -0.4 is 10.6 Å². The fraction of sp³-hybridized carbons (Fsp3) is 0.348. The van der Waals surface area contributed by atoms with Crippen molar-refractivity contribution in [2.75, 3.05) is 13.1 Å². The summed E-state index contributed by atoms with van der Waals surface area (Å²) >= 11 is 1.62. The number of amides is 2. The molecule has 1 aromatic heterocycles. The van der Waals surface area contributed by atoms with Gasteiger partial charge in [-0.05, 0) is 24.6 Å². The first-order valence-electron chi connectivity index (χ1n) is 9.86. The highest BCUT2D eigenvalue weighted by Gasteiger charge is 2.36. The highest BCUT2D eigenvalue weighted by atomic mass is 32.1. The van der Waals surface area contributed by atoms with E-state index in [4.69, 9.17) is 4.98 Å². The average molecular weight is 410 g/mol. The van der Waals surface area contributed by atoms with Crippen LogP contribution in [0.5, 0.6) is 0 Å². The van der Waals surface area contributed by atoms with Crippen molar-refractivity contribution in [2.24, 2.45) is 5.92 Å². The third kappa shape index (κ3) is 5.01. The van der Waals surface area contributed by atoms with Crippen LogP contribution in [0.15, 0.2) is 54.6 Å². The average Bonchev–Trinajstić information content (AvgIpc) is 3.13. The molecule has 0 aliphatic heterocycles. The second kappa shape index (κ2) is 9.18. The highest BCUT2D eigenvalue weighted by molar-refractivity contribution is 7.18. The van der Waals surface area contributed by atoms with Gasteiger partial charge in [-0.2, -0.15) is 0 Å². The van der Waals surface area contributed by atoms with E-state index >= 15 is 0 Å². The van der Waals surface area contributed by atoms with Gasteiger partial charge in [-0.15, -0.1) is 11.3 Å². The van der Waals surface area contributed by atoms with Crippen molar-refractivity contribution in [3.05, 3.63) is 65.2 Å². The summed E-state index contributed by atoms with van der Waals surface area (Å²) in [4.78, 5) is 29.6. The molecular formula is C23H27N3O2S. The first-order valence-corrected chi connectivity index (χ1v) is 10.7. The number of rotatable bonds is 8. The summed E-state index contributed by atoms with van der Waals surface area (Å²) in [5.41, 5.74) is 1.15. The molecule has 1 heterocycles. The Hall–Kier alpha value is -2.73. The van der Waals surface area contributed by atoms with Gasteiger partial charge >= 0.3 is 0 Å². The molecule has 29 heavy (non-hydrogen) atoms. The highest BCUT2D eigenvalue weighted by Crippen LogP contribution is 2.32. The second-order valence-corrected chi connectivity index (χ2v) is 8.77. The normalized spacial score (nSPS) is 13.2. The van der Waals surface area contributed by atoms with Crippen molar-refractivity contribution in [1.29, 1.82) is 0 Å². The molecule has 1 atom stereocenters. The van der Waals surface area contributed by atoms with E-state index in [-0.39, 0.29) is 17.7 Å². The molecule has 5 nitrogen and oxygen atoms in total. The third-order valence-electron chi connectivity index (χ3n) is 4.99. The molecule has 0 aliphatic carbocycles. The SMILES string of the molecule is CC(C)C(=O)NCCNC(=O)C(C)(Cc1nc2ccccc2s1)c1ccccc1. The van der Waals surface area contributed by atoms with Crippen LogP contribution in [0.1, 0.15) is 31.3 Å². The van der Waals surface area contributed by atoms with Crippen LogP contribution >= 0.6 is 11.3 Å². The summed E-state index contributed by atoms with van der Waals surface area (Å²) in [6.07, 6.45) is 0.514. The van der Waals surface area contributed by atoms with E-state index in [1.54, 1.807) is 11.3 Å².